The minimum absolute atomic E-state index is 0.329. The maximum Gasteiger partial charge on any atom is 0.343 e. The van der Waals surface area contributed by atoms with E-state index in [1.54, 1.807) is 20.2 Å². The number of hydrogen-bond acceptors (Lipinski definition) is 6. The SMILES string of the molecule is CCOC(=O)c1cnc(-c2cccc(OC)c2)nc1N1CCCC1. The number of ether oxygens (including phenoxy) is 2. The molecule has 0 N–H and O–H groups in total. The molecule has 1 saturated heterocycles. The van der Waals surface area contributed by atoms with Gasteiger partial charge < -0.3 is 14.4 Å². The van der Waals surface area contributed by atoms with Crippen LogP contribution in [0.2, 0.25) is 0 Å². The first-order valence-corrected chi connectivity index (χ1v) is 8.16. The molecule has 24 heavy (non-hydrogen) atoms. The first kappa shape index (κ1) is 16.2. The molecule has 6 nitrogen and oxygen atoms in total. The molecule has 2 heterocycles. The summed E-state index contributed by atoms with van der Waals surface area (Å²) in [6.45, 7) is 3.90. The summed E-state index contributed by atoms with van der Waals surface area (Å²) < 4.78 is 10.4. The molecule has 0 amide bonds. The number of methoxy groups -OCH3 is 1. The highest BCUT2D eigenvalue weighted by atomic mass is 16.5. The summed E-state index contributed by atoms with van der Waals surface area (Å²) in [7, 11) is 1.62. The van der Waals surface area contributed by atoms with Crippen LogP contribution in [0.4, 0.5) is 5.82 Å². The van der Waals surface area contributed by atoms with E-state index in [4.69, 9.17) is 9.47 Å². The highest BCUT2D eigenvalue weighted by Crippen LogP contribution is 2.27. The second-order valence-electron chi connectivity index (χ2n) is 5.58. The van der Waals surface area contributed by atoms with Gasteiger partial charge in [0.2, 0.25) is 0 Å². The van der Waals surface area contributed by atoms with Gasteiger partial charge in [-0.15, -0.1) is 0 Å². The van der Waals surface area contributed by atoms with Crippen molar-refractivity contribution in [3.8, 4) is 17.1 Å². The third-order valence-electron chi connectivity index (χ3n) is 4.00. The average Bonchev–Trinajstić information content (AvgIpc) is 3.16. The molecule has 3 rings (SSSR count). The van der Waals surface area contributed by atoms with Gasteiger partial charge in [-0.1, -0.05) is 12.1 Å². The monoisotopic (exact) mass is 327 g/mol. The lowest BCUT2D eigenvalue weighted by molar-refractivity contribution is 0.0526. The van der Waals surface area contributed by atoms with Crippen LogP contribution >= 0.6 is 0 Å². The quantitative estimate of drug-likeness (QED) is 0.787. The standard InChI is InChI=1S/C18H21N3O3/c1-3-24-18(22)15-12-19-16(13-7-6-8-14(11-13)23-2)20-17(15)21-9-4-5-10-21/h6-8,11-12H,3-5,9-10H2,1-2H3. The molecule has 0 spiro atoms. The van der Waals surface area contributed by atoms with Crippen LogP contribution in [-0.2, 0) is 4.74 Å². The zero-order valence-corrected chi connectivity index (χ0v) is 14.0. The van der Waals surface area contributed by atoms with Gasteiger partial charge in [-0.2, -0.15) is 0 Å². The number of carbonyl (C=O) groups is 1. The number of aromatic nitrogens is 2. The maximum atomic E-state index is 12.2. The Morgan fingerprint density at radius 1 is 1.29 bits per heavy atom. The molecule has 2 aromatic rings. The smallest absolute Gasteiger partial charge is 0.343 e. The summed E-state index contributed by atoms with van der Waals surface area (Å²) >= 11 is 0. The van der Waals surface area contributed by atoms with Crippen molar-refractivity contribution >= 4 is 11.8 Å². The minimum atomic E-state index is -0.378. The Bertz CT molecular complexity index is 727. The minimum Gasteiger partial charge on any atom is -0.497 e. The van der Waals surface area contributed by atoms with E-state index in [1.165, 1.54) is 0 Å². The molecular weight excluding hydrogens is 306 g/mol. The van der Waals surface area contributed by atoms with Gasteiger partial charge in [0.05, 0.1) is 13.7 Å². The number of nitrogens with zero attached hydrogens (tertiary/aromatic N) is 3. The Morgan fingerprint density at radius 2 is 2.08 bits per heavy atom. The van der Waals surface area contributed by atoms with E-state index in [0.717, 1.165) is 37.2 Å². The third kappa shape index (κ3) is 3.32. The Morgan fingerprint density at radius 3 is 2.79 bits per heavy atom. The highest BCUT2D eigenvalue weighted by Gasteiger charge is 2.23. The van der Waals surface area contributed by atoms with Gasteiger partial charge in [0.1, 0.15) is 17.1 Å². The van der Waals surface area contributed by atoms with E-state index < -0.39 is 0 Å². The fourth-order valence-corrected chi connectivity index (χ4v) is 2.80. The van der Waals surface area contributed by atoms with Crippen molar-refractivity contribution in [3.63, 3.8) is 0 Å². The van der Waals surface area contributed by atoms with Gasteiger partial charge in [0, 0.05) is 24.8 Å². The molecular formula is C18H21N3O3. The molecule has 0 saturated carbocycles. The van der Waals surface area contributed by atoms with Crippen molar-refractivity contribution in [2.24, 2.45) is 0 Å². The predicted molar refractivity (Wildman–Crippen MR) is 91.4 cm³/mol. The van der Waals surface area contributed by atoms with Crippen molar-refractivity contribution in [1.82, 2.24) is 9.97 Å². The van der Waals surface area contributed by atoms with E-state index in [-0.39, 0.29) is 5.97 Å². The van der Waals surface area contributed by atoms with E-state index in [0.29, 0.717) is 23.8 Å². The molecule has 126 valence electrons. The summed E-state index contributed by atoms with van der Waals surface area (Å²) in [6, 6.07) is 7.58. The third-order valence-corrected chi connectivity index (χ3v) is 4.00. The zero-order valence-electron chi connectivity index (χ0n) is 14.0. The molecule has 0 aliphatic carbocycles. The van der Waals surface area contributed by atoms with Crippen molar-refractivity contribution < 1.29 is 14.3 Å². The van der Waals surface area contributed by atoms with Crippen LogP contribution in [0.15, 0.2) is 30.5 Å². The maximum absolute atomic E-state index is 12.2. The molecule has 1 fully saturated rings. The number of hydrogen-bond donors (Lipinski definition) is 0. The van der Waals surface area contributed by atoms with Crippen LogP contribution in [0.1, 0.15) is 30.1 Å². The van der Waals surface area contributed by atoms with Crippen LogP contribution in [0.5, 0.6) is 5.75 Å². The lowest BCUT2D eigenvalue weighted by Gasteiger charge is -2.19. The van der Waals surface area contributed by atoms with E-state index in [2.05, 4.69) is 14.9 Å². The molecule has 0 unspecified atom stereocenters. The van der Waals surface area contributed by atoms with Crippen molar-refractivity contribution in [2.75, 3.05) is 31.7 Å². The fourth-order valence-electron chi connectivity index (χ4n) is 2.80. The van der Waals surface area contributed by atoms with Gasteiger partial charge in [0.15, 0.2) is 5.82 Å². The van der Waals surface area contributed by atoms with Crippen LogP contribution in [0.25, 0.3) is 11.4 Å². The Labute approximate surface area is 141 Å². The number of carbonyl (C=O) groups excluding carboxylic acids is 1. The van der Waals surface area contributed by atoms with E-state index >= 15 is 0 Å². The second-order valence-corrected chi connectivity index (χ2v) is 5.58. The van der Waals surface area contributed by atoms with Gasteiger partial charge in [-0.05, 0) is 31.9 Å². The number of esters is 1. The predicted octanol–water partition coefficient (Wildman–Crippen LogP) is 2.93. The lowest BCUT2D eigenvalue weighted by Crippen LogP contribution is -2.23. The average molecular weight is 327 g/mol. The molecule has 1 aliphatic heterocycles. The summed E-state index contributed by atoms with van der Waals surface area (Å²) in [4.78, 5) is 23.4. The summed E-state index contributed by atoms with van der Waals surface area (Å²) in [5.74, 6) is 1.59. The van der Waals surface area contributed by atoms with Gasteiger partial charge in [-0.3, -0.25) is 0 Å². The number of benzene rings is 1. The van der Waals surface area contributed by atoms with Crippen molar-refractivity contribution in [1.29, 1.82) is 0 Å². The topological polar surface area (TPSA) is 64.5 Å². The normalized spacial score (nSPS) is 13.8. The first-order valence-electron chi connectivity index (χ1n) is 8.16. The zero-order chi connectivity index (χ0) is 16.9. The molecule has 6 heteroatoms. The second kappa shape index (κ2) is 7.29. The van der Waals surface area contributed by atoms with Crippen LogP contribution in [0, 0.1) is 0 Å². The molecule has 0 bridgehead atoms. The van der Waals surface area contributed by atoms with Gasteiger partial charge in [-0.25, -0.2) is 14.8 Å². The lowest BCUT2D eigenvalue weighted by atomic mass is 10.2. The highest BCUT2D eigenvalue weighted by molar-refractivity contribution is 5.95. The summed E-state index contributed by atoms with van der Waals surface area (Å²) in [5, 5.41) is 0. The number of anilines is 1. The molecule has 0 atom stereocenters. The van der Waals surface area contributed by atoms with Crippen molar-refractivity contribution in [3.05, 3.63) is 36.0 Å². The molecule has 1 aromatic carbocycles. The van der Waals surface area contributed by atoms with Gasteiger partial charge in [0.25, 0.3) is 0 Å². The Balaban J connectivity index is 2.02. The first-order chi connectivity index (χ1) is 11.7. The summed E-state index contributed by atoms with van der Waals surface area (Å²) in [6.07, 6.45) is 3.76. The van der Waals surface area contributed by atoms with E-state index in [1.807, 2.05) is 24.3 Å². The summed E-state index contributed by atoms with van der Waals surface area (Å²) in [5.41, 5.74) is 1.27. The largest absolute Gasteiger partial charge is 0.497 e. The van der Waals surface area contributed by atoms with Gasteiger partial charge >= 0.3 is 5.97 Å². The van der Waals surface area contributed by atoms with Crippen LogP contribution in [0.3, 0.4) is 0 Å². The molecule has 1 aromatic heterocycles. The van der Waals surface area contributed by atoms with E-state index in [9.17, 15) is 4.79 Å². The fraction of sp³-hybridized carbons (Fsp3) is 0.389. The molecule has 0 radical (unpaired) electrons. The van der Waals surface area contributed by atoms with Crippen molar-refractivity contribution in [2.45, 2.75) is 19.8 Å². The Kier molecular flexibility index (Phi) is 4.93. The van der Waals surface area contributed by atoms with Crippen LogP contribution < -0.4 is 9.64 Å². The Hall–Kier alpha value is -2.63. The van der Waals surface area contributed by atoms with Crippen LogP contribution in [-0.4, -0.2) is 42.7 Å². The number of rotatable bonds is 5. The molecule has 1 aliphatic rings.